The van der Waals surface area contributed by atoms with Crippen LogP contribution in [-0.4, -0.2) is 5.91 Å². The minimum absolute atomic E-state index is 0.254. The fourth-order valence-corrected chi connectivity index (χ4v) is 1.57. The van der Waals surface area contributed by atoms with E-state index in [1.807, 2.05) is 6.07 Å². The number of nitrogens with zero attached hydrogens (tertiary/aromatic N) is 1. The van der Waals surface area contributed by atoms with E-state index in [9.17, 15) is 4.79 Å². The molecule has 5 heteroatoms. The third-order valence-corrected chi connectivity index (χ3v) is 2.52. The topological polar surface area (TPSA) is 102 Å². The Balaban J connectivity index is 2.42. The maximum Gasteiger partial charge on any atom is 0.252 e. The number of benzene rings is 2. The molecule has 0 aliphatic carbocycles. The van der Waals surface area contributed by atoms with E-state index in [1.54, 1.807) is 36.4 Å². The van der Waals surface area contributed by atoms with Crippen LogP contribution in [0.4, 0.5) is 5.69 Å². The number of rotatable bonds is 3. The molecule has 0 aliphatic rings. The van der Waals surface area contributed by atoms with Gasteiger partial charge in [0.15, 0.2) is 5.75 Å². The molecule has 0 saturated carbocycles. The zero-order chi connectivity index (χ0) is 13.8. The van der Waals surface area contributed by atoms with Crippen molar-refractivity contribution < 1.29 is 9.53 Å². The summed E-state index contributed by atoms with van der Waals surface area (Å²) in [5.74, 6) is 0.0233. The SMILES string of the molecule is N#Cc1ccc(N)c(Oc2ccccc2C(N)=O)c1. The average molecular weight is 253 g/mol. The van der Waals surface area contributed by atoms with Crippen LogP contribution < -0.4 is 16.2 Å². The summed E-state index contributed by atoms with van der Waals surface area (Å²) >= 11 is 0. The first kappa shape index (κ1) is 12.5. The summed E-state index contributed by atoms with van der Waals surface area (Å²) in [7, 11) is 0. The highest BCUT2D eigenvalue weighted by atomic mass is 16.5. The maximum absolute atomic E-state index is 11.3. The van der Waals surface area contributed by atoms with Gasteiger partial charge in [-0.15, -0.1) is 0 Å². The highest BCUT2D eigenvalue weighted by Crippen LogP contribution is 2.30. The summed E-state index contributed by atoms with van der Waals surface area (Å²) < 4.78 is 5.57. The van der Waals surface area contributed by atoms with Gasteiger partial charge in [-0.1, -0.05) is 12.1 Å². The summed E-state index contributed by atoms with van der Waals surface area (Å²) in [6, 6.07) is 13.2. The molecule has 2 aromatic rings. The number of amides is 1. The Kier molecular flexibility index (Phi) is 3.35. The predicted molar refractivity (Wildman–Crippen MR) is 70.6 cm³/mol. The number of primary amides is 1. The van der Waals surface area contributed by atoms with Gasteiger partial charge >= 0.3 is 0 Å². The Morgan fingerprint density at radius 1 is 1.16 bits per heavy atom. The van der Waals surface area contributed by atoms with Gasteiger partial charge in [-0.25, -0.2) is 0 Å². The summed E-state index contributed by atoms with van der Waals surface area (Å²) in [6.07, 6.45) is 0. The van der Waals surface area contributed by atoms with Crippen molar-refractivity contribution in [1.82, 2.24) is 0 Å². The average Bonchev–Trinajstić information content (AvgIpc) is 2.41. The van der Waals surface area contributed by atoms with Gasteiger partial charge in [0.1, 0.15) is 5.75 Å². The van der Waals surface area contributed by atoms with Gasteiger partial charge in [-0.2, -0.15) is 5.26 Å². The second kappa shape index (κ2) is 5.10. The van der Waals surface area contributed by atoms with Crippen molar-refractivity contribution in [2.45, 2.75) is 0 Å². The highest BCUT2D eigenvalue weighted by Gasteiger charge is 2.11. The van der Waals surface area contributed by atoms with Gasteiger partial charge in [0.2, 0.25) is 0 Å². The molecule has 0 spiro atoms. The van der Waals surface area contributed by atoms with E-state index in [-0.39, 0.29) is 5.56 Å². The first-order chi connectivity index (χ1) is 9.11. The third-order valence-electron chi connectivity index (χ3n) is 2.52. The van der Waals surface area contributed by atoms with Crippen molar-refractivity contribution in [2.24, 2.45) is 5.73 Å². The summed E-state index contributed by atoms with van der Waals surface area (Å²) in [5, 5.41) is 8.84. The lowest BCUT2D eigenvalue weighted by Gasteiger charge is -2.11. The molecular formula is C14H11N3O2. The Hall–Kier alpha value is -3.00. The number of nitriles is 1. The molecule has 94 valence electrons. The molecule has 4 N–H and O–H groups in total. The Labute approximate surface area is 110 Å². The van der Waals surface area contributed by atoms with Crippen molar-refractivity contribution in [3.63, 3.8) is 0 Å². The lowest BCUT2D eigenvalue weighted by Crippen LogP contribution is -2.12. The molecule has 2 aromatic carbocycles. The van der Waals surface area contributed by atoms with Crippen molar-refractivity contribution in [1.29, 1.82) is 5.26 Å². The van der Waals surface area contributed by atoms with Crippen LogP contribution in [0.3, 0.4) is 0 Å². The normalized spacial score (nSPS) is 9.63. The van der Waals surface area contributed by atoms with Crippen LogP contribution in [0, 0.1) is 11.3 Å². The highest BCUT2D eigenvalue weighted by molar-refractivity contribution is 5.95. The van der Waals surface area contributed by atoms with E-state index in [0.717, 1.165) is 0 Å². The fraction of sp³-hybridized carbons (Fsp3) is 0. The maximum atomic E-state index is 11.3. The van der Waals surface area contributed by atoms with Crippen LogP contribution in [0.15, 0.2) is 42.5 Å². The number of ether oxygens (including phenoxy) is 1. The molecular weight excluding hydrogens is 242 g/mol. The Morgan fingerprint density at radius 3 is 2.58 bits per heavy atom. The molecule has 0 heterocycles. The molecule has 19 heavy (non-hydrogen) atoms. The fourth-order valence-electron chi connectivity index (χ4n) is 1.57. The van der Waals surface area contributed by atoms with Gasteiger partial charge in [-0.3, -0.25) is 4.79 Å². The zero-order valence-electron chi connectivity index (χ0n) is 9.96. The molecule has 1 amide bonds. The zero-order valence-corrected chi connectivity index (χ0v) is 9.96. The standard InChI is InChI=1S/C14H11N3O2/c15-8-9-5-6-11(16)13(7-9)19-12-4-2-1-3-10(12)14(17)18/h1-7H,16H2,(H2,17,18). The van der Waals surface area contributed by atoms with Gasteiger partial charge < -0.3 is 16.2 Å². The second-order valence-corrected chi connectivity index (χ2v) is 3.83. The molecule has 5 nitrogen and oxygen atoms in total. The van der Waals surface area contributed by atoms with Crippen molar-refractivity contribution in [2.75, 3.05) is 5.73 Å². The minimum Gasteiger partial charge on any atom is -0.454 e. The van der Waals surface area contributed by atoms with E-state index < -0.39 is 5.91 Å². The van der Waals surface area contributed by atoms with Crippen LogP contribution in [0.25, 0.3) is 0 Å². The lowest BCUT2D eigenvalue weighted by atomic mass is 10.2. The minimum atomic E-state index is -0.592. The number of hydrogen-bond donors (Lipinski definition) is 2. The molecule has 0 aliphatic heterocycles. The van der Waals surface area contributed by atoms with Crippen molar-refractivity contribution in [3.8, 4) is 17.6 Å². The van der Waals surface area contributed by atoms with Gasteiger partial charge in [0.05, 0.1) is 22.9 Å². The Bertz CT molecular complexity index is 675. The molecule has 0 atom stereocenters. The van der Waals surface area contributed by atoms with Crippen LogP contribution >= 0.6 is 0 Å². The summed E-state index contributed by atoms with van der Waals surface area (Å²) in [4.78, 5) is 11.3. The van der Waals surface area contributed by atoms with Crippen molar-refractivity contribution in [3.05, 3.63) is 53.6 Å². The smallest absolute Gasteiger partial charge is 0.252 e. The number of nitrogen functional groups attached to an aromatic ring is 1. The number of para-hydroxylation sites is 1. The number of carbonyl (C=O) groups excluding carboxylic acids is 1. The van der Waals surface area contributed by atoms with Crippen LogP contribution in [-0.2, 0) is 0 Å². The predicted octanol–water partition coefficient (Wildman–Crippen LogP) is 2.03. The first-order valence-electron chi connectivity index (χ1n) is 5.48. The molecule has 0 aromatic heterocycles. The quantitative estimate of drug-likeness (QED) is 0.817. The van der Waals surface area contributed by atoms with Crippen molar-refractivity contribution >= 4 is 11.6 Å². The first-order valence-corrected chi connectivity index (χ1v) is 5.48. The molecule has 0 fully saturated rings. The molecule has 0 unspecified atom stereocenters. The summed E-state index contributed by atoms with van der Waals surface area (Å²) in [5.41, 5.74) is 12.1. The molecule has 0 saturated heterocycles. The second-order valence-electron chi connectivity index (χ2n) is 3.83. The molecule has 2 rings (SSSR count). The van der Waals surface area contributed by atoms with Crippen LogP contribution in [0.5, 0.6) is 11.5 Å². The monoisotopic (exact) mass is 253 g/mol. The third kappa shape index (κ3) is 2.64. The number of hydrogen-bond acceptors (Lipinski definition) is 4. The van der Waals surface area contributed by atoms with Gasteiger partial charge in [-0.05, 0) is 24.3 Å². The molecule has 0 radical (unpaired) electrons. The van der Waals surface area contributed by atoms with Crippen LogP contribution in [0.2, 0.25) is 0 Å². The number of anilines is 1. The van der Waals surface area contributed by atoms with Crippen LogP contribution in [0.1, 0.15) is 15.9 Å². The Morgan fingerprint density at radius 2 is 1.89 bits per heavy atom. The summed E-state index contributed by atoms with van der Waals surface area (Å²) in [6.45, 7) is 0. The van der Waals surface area contributed by atoms with E-state index in [0.29, 0.717) is 22.7 Å². The van der Waals surface area contributed by atoms with Gasteiger partial charge in [0, 0.05) is 6.07 Å². The largest absolute Gasteiger partial charge is 0.454 e. The number of carbonyl (C=O) groups is 1. The van der Waals surface area contributed by atoms with E-state index in [1.165, 1.54) is 6.07 Å². The number of nitrogens with two attached hydrogens (primary N) is 2. The lowest BCUT2D eigenvalue weighted by molar-refractivity contribution is 0.0998. The van der Waals surface area contributed by atoms with E-state index >= 15 is 0 Å². The molecule has 0 bridgehead atoms. The van der Waals surface area contributed by atoms with E-state index in [4.69, 9.17) is 21.5 Å². The van der Waals surface area contributed by atoms with Gasteiger partial charge in [0.25, 0.3) is 5.91 Å². The van der Waals surface area contributed by atoms with E-state index in [2.05, 4.69) is 0 Å².